The van der Waals surface area contributed by atoms with Crippen LogP contribution in [0.4, 0.5) is 0 Å². The van der Waals surface area contributed by atoms with Crippen molar-refractivity contribution in [3.05, 3.63) is 35.9 Å². The molecule has 1 fully saturated rings. The van der Waals surface area contributed by atoms with Crippen LogP contribution in [0.15, 0.2) is 30.3 Å². The van der Waals surface area contributed by atoms with Gasteiger partial charge in [0.2, 0.25) is 0 Å². The van der Waals surface area contributed by atoms with E-state index in [-0.39, 0.29) is 5.41 Å². The van der Waals surface area contributed by atoms with Crippen LogP contribution in [0.2, 0.25) is 0 Å². The van der Waals surface area contributed by atoms with Crippen molar-refractivity contribution in [2.75, 3.05) is 26.2 Å². The molecule has 2 rings (SSSR count). The minimum atomic E-state index is 0.214. The molecule has 0 aliphatic carbocycles. The Morgan fingerprint density at radius 1 is 1.26 bits per heavy atom. The molecule has 2 N–H and O–H groups in total. The molecule has 1 aromatic rings. The molecule has 19 heavy (non-hydrogen) atoms. The van der Waals surface area contributed by atoms with E-state index in [0.717, 1.165) is 19.0 Å². The Kier molecular flexibility index (Phi) is 5.41. The Labute approximate surface area is 118 Å². The fraction of sp³-hybridized carbons (Fsp3) is 0.647. The quantitative estimate of drug-likeness (QED) is 0.769. The average molecular weight is 260 g/mol. The monoisotopic (exact) mass is 260 g/mol. The molecule has 2 nitrogen and oxygen atoms in total. The lowest BCUT2D eigenvalue weighted by atomic mass is 9.84. The first-order valence-electron chi connectivity index (χ1n) is 7.65. The third-order valence-corrected chi connectivity index (χ3v) is 4.25. The van der Waals surface area contributed by atoms with Crippen LogP contribution in [0.1, 0.15) is 38.7 Å². The van der Waals surface area contributed by atoms with E-state index in [0.29, 0.717) is 0 Å². The summed E-state index contributed by atoms with van der Waals surface area (Å²) in [5.41, 5.74) is 1.63. The highest BCUT2D eigenvalue weighted by atomic mass is 14.9. The van der Waals surface area contributed by atoms with Gasteiger partial charge in [-0.3, -0.25) is 0 Å². The Hall–Kier alpha value is -0.860. The van der Waals surface area contributed by atoms with Gasteiger partial charge in [-0.25, -0.2) is 0 Å². The fourth-order valence-corrected chi connectivity index (χ4v) is 2.87. The standard InChI is InChI=1S/C17H28N2/c1-17(2,16-8-4-3-5-9-16)14-19-12-10-15-7-6-11-18-13-15/h3-5,8-9,15,18-19H,6-7,10-14H2,1-2H3. The van der Waals surface area contributed by atoms with Crippen molar-refractivity contribution < 1.29 is 0 Å². The molecule has 2 heteroatoms. The van der Waals surface area contributed by atoms with Crippen molar-refractivity contribution in [3.8, 4) is 0 Å². The summed E-state index contributed by atoms with van der Waals surface area (Å²) in [7, 11) is 0. The summed E-state index contributed by atoms with van der Waals surface area (Å²) in [5.74, 6) is 0.876. The van der Waals surface area contributed by atoms with Crippen molar-refractivity contribution in [1.82, 2.24) is 10.6 Å². The van der Waals surface area contributed by atoms with Gasteiger partial charge in [-0.05, 0) is 50.4 Å². The molecular weight excluding hydrogens is 232 g/mol. The summed E-state index contributed by atoms with van der Waals surface area (Å²) < 4.78 is 0. The smallest absolute Gasteiger partial charge is 0.00431 e. The van der Waals surface area contributed by atoms with Gasteiger partial charge in [-0.15, -0.1) is 0 Å². The molecule has 1 aliphatic rings. The summed E-state index contributed by atoms with van der Waals surface area (Å²) in [6.07, 6.45) is 4.05. The van der Waals surface area contributed by atoms with Crippen LogP contribution >= 0.6 is 0 Å². The Bertz CT molecular complexity index is 353. The number of hydrogen-bond donors (Lipinski definition) is 2. The van der Waals surface area contributed by atoms with Gasteiger partial charge in [0.25, 0.3) is 0 Å². The van der Waals surface area contributed by atoms with Crippen molar-refractivity contribution in [3.63, 3.8) is 0 Å². The first kappa shape index (κ1) is 14.5. The minimum Gasteiger partial charge on any atom is -0.316 e. The number of benzene rings is 1. The molecule has 1 heterocycles. The molecule has 1 aliphatic heterocycles. The Morgan fingerprint density at radius 3 is 2.74 bits per heavy atom. The molecule has 1 unspecified atom stereocenters. The lowest BCUT2D eigenvalue weighted by Gasteiger charge is -2.27. The molecule has 0 amide bonds. The van der Waals surface area contributed by atoms with Gasteiger partial charge in [0.15, 0.2) is 0 Å². The summed E-state index contributed by atoms with van der Waals surface area (Å²) in [5, 5.41) is 7.13. The zero-order valence-electron chi connectivity index (χ0n) is 12.4. The zero-order valence-corrected chi connectivity index (χ0v) is 12.4. The van der Waals surface area contributed by atoms with Crippen LogP contribution in [0, 0.1) is 5.92 Å². The minimum absolute atomic E-state index is 0.214. The molecule has 0 radical (unpaired) electrons. The predicted molar refractivity (Wildman–Crippen MR) is 82.5 cm³/mol. The highest BCUT2D eigenvalue weighted by Crippen LogP contribution is 2.21. The maximum atomic E-state index is 3.64. The van der Waals surface area contributed by atoms with E-state index in [1.54, 1.807) is 0 Å². The van der Waals surface area contributed by atoms with E-state index in [9.17, 15) is 0 Å². The number of nitrogens with one attached hydrogen (secondary N) is 2. The van der Waals surface area contributed by atoms with E-state index in [4.69, 9.17) is 0 Å². The van der Waals surface area contributed by atoms with Crippen LogP contribution in [0.3, 0.4) is 0 Å². The van der Waals surface area contributed by atoms with E-state index in [2.05, 4.69) is 54.8 Å². The third kappa shape index (κ3) is 4.63. The number of rotatable bonds is 6. The van der Waals surface area contributed by atoms with E-state index in [1.807, 2.05) is 0 Å². The van der Waals surface area contributed by atoms with Gasteiger partial charge < -0.3 is 10.6 Å². The van der Waals surface area contributed by atoms with E-state index >= 15 is 0 Å². The Morgan fingerprint density at radius 2 is 2.05 bits per heavy atom. The van der Waals surface area contributed by atoms with Gasteiger partial charge in [0, 0.05) is 12.0 Å². The van der Waals surface area contributed by atoms with E-state index < -0.39 is 0 Å². The Balaban J connectivity index is 1.69. The van der Waals surface area contributed by atoms with Crippen molar-refractivity contribution in [1.29, 1.82) is 0 Å². The second kappa shape index (κ2) is 7.06. The molecule has 0 aromatic heterocycles. The summed E-state index contributed by atoms with van der Waals surface area (Å²) in [6.45, 7) is 9.25. The predicted octanol–water partition coefficient (Wildman–Crippen LogP) is 2.94. The average Bonchev–Trinajstić information content (AvgIpc) is 2.46. The summed E-state index contributed by atoms with van der Waals surface area (Å²) in [6, 6.07) is 10.8. The zero-order chi connectivity index (χ0) is 13.6. The number of piperidine rings is 1. The van der Waals surface area contributed by atoms with E-state index in [1.165, 1.54) is 37.9 Å². The first-order chi connectivity index (χ1) is 9.18. The van der Waals surface area contributed by atoms with Gasteiger partial charge in [-0.2, -0.15) is 0 Å². The molecule has 0 saturated carbocycles. The largest absolute Gasteiger partial charge is 0.316 e. The molecule has 1 aromatic carbocycles. The highest BCUT2D eigenvalue weighted by molar-refractivity contribution is 5.23. The normalized spacial score (nSPS) is 20.4. The molecule has 0 bridgehead atoms. The third-order valence-electron chi connectivity index (χ3n) is 4.25. The molecule has 0 spiro atoms. The van der Waals surface area contributed by atoms with Crippen LogP contribution in [-0.4, -0.2) is 26.2 Å². The van der Waals surface area contributed by atoms with Crippen LogP contribution < -0.4 is 10.6 Å². The molecule has 1 atom stereocenters. The topological polar surface area (TPSA) is 24.1 Å². The van der Waals surface area contributed by atoms with Crippen LogP contribution in [0.5, 0.6) is 0 Å². The highest BCUT2D eigenvalue weighted by Gasteiger charge is 2.20. The summed E-state index contributed by atoms with van der Waals surface area (Å²) >= 11 is 0. The van der Waals surface area contributed by atoms with Gasteiger partial charge in [0.1, 0.15) is 0 Å². The second-order valence-electron chi connectivity index (χ2n) is 6.43. The molecular formula is C17H28N2. The fourth-order valence-electron chi connectivity index (χ4n) is 2.87. The van der Waals surface area contributed by atoms with Crippen molar-refractivity contribution in [2.45, 2.75) is 38.5 Å². The summed E-state index contributed by atoms with van der Waals surface area (Å²) in [4.78, 5) is 0. The SMILES string of the molecule is CC(C)(CNCCC1CCCNC1)c1ccccc1. The maximum Gasteiger partial charge on any atom is 0.00431 e. The second-order valence-corrected chi connectivity index (χ2v) is 6.43. The van der Waals surface area contributed by atoms with Crippen LogP contribution in [-0.2, 0) is 5.41 Å². The lowest BCUT2D eigenvalue weighted by Crippen LogP contribution is -2.36. The number of hydrogen-bond acceptors (Lipinski definition) is 2. The van der Waals surface area contributed by atoms with Gasteiger partial charge >= 0.3 is 0 Å². The van der Waals surface area contributed by atoms with Gasteiger partial charge in [-0.1, -0.05) is 44.2 Å². The first-order valence-corrected chi connectivity index (χ1v) is 7.65. The van der Waals surface area contributed by atoms with Gasteiger partial charge in [0.05, 0.1) is 0 Å². The molecule has 1 saturated heterocycles. The molecule has 106 valence electrons. The maximum absolute atomic E-state index is 3.64. The van der Waals surface area contributed by atoms with Crippen molar-refractivity contribution >= 4 is 0 Å². The van der Waals surface area contributed by atoms with Crippen LogP contribution in [0.25, 0.3) is 0 Å². The lowest BCUT2D eigenvalue weighted by molar-refractivity contribution is 0.345. The van der Waals surface area contributed by atoms with Crippen molar-refractivity contribution in [2.24, 2.45) is 5.92 Å².